The Morgan fingerprint density at radius 2 is 1.96 bits per heavy atom. The molecule has 5 heteroatoms. The van der Waals surface area contributed by atoms with Crippen LogP contribution in [0.1, 0.15) is 39.8 Å². The van der Waals surface area contributed by atoms with E-state index in [-0.39, 0.29) is 5.91 Å². The van der Waals surface area contributed by atoms with Gasteiger partial charge in [0.1, 0.15) is 0 Å². The number of carbonyl (C=O) groups excluding carboxylic acids is 2. The lowest BCUT2D eigenvalue weighted by molar-refractivity contribution is -0.134. The Labute approximate surface area is 141 Å². The van der Waals surface area contributed by atoms with Crippen LogP contribution in [0.4, 0.5) is 5.69 Å². The van der Waals surface area contributed by atoms with Crippen molar-refractivity contribution in [3.8, 4) is 0 Å². The van der Waals surface area contributed by atoms with Crippen molar-refractivity contribution >= 4 is 17.6 Å². The van der Waals surface area contributed by atoms with Gasteiger partial charge in [-0.05, 0) is 51.0 Å². The molecular formula is C19H20N2O3. The minimum atomic E-state index is -1.24. The molecule has 1 aromatic heterocycles. The molecule has 124 valence electrons. The van der Waals surface area contributed by atoms with Crippen LogP contribution in [-0.2, 0) is 16.0 Å². The highest BCUT2D eigenvalue weighted by Gasteiger charge is 2.42. The summed E-state index contributed by atoms with van der Waals surface area (Å²) in [7, 11) is 0. The molecule has 1 amide bonds. The minimum absolute atomic E-state index is 0.345. The van der Waals surface area contributed by atoms with Crippen LogP contribution in [0.2, 0.25) is 0 Å². The Morgan fingerprint density at radius 1 is 1.25 bits per heavy atom. The fraction of sp³-hybridized carbons (Fsp3) is 0.316. The number of fused-ring (bicyclic) bond motifs is 1. The van der Waals surface area contributed by atoms with Crippen molar-refractivity contribution in [1.29, 1.82) is 0 Å². The highest BCUT2D eigenvalue weighted by atomic mass is 16.6. The maximum Gasteiger partial charge on any atom is 0.339 e. The highest BCUT2D eigenvalue weighted by Crippen LogP contribution is 2.30. The maximum absolute atomic E-state index is 12.8. The number of hydrogen-bond donors (Lipinski definition) is 1. The smallest absolute Gasteiger partial charge is 0.339 e. The second-order valence-electron chi connectivity index (χ2n) is 6.45. The average molecular weight is 324 g/mol. The van der Waals surface area contributed by atoms with Gasteiger partial charge < -0.3 is 10.1 Å². The quantitative estimate of drug-likeness (QED) is 0.862. The Kier molecular flexibility index (Phi) is 3.87. The van der Waals surface area contributed by atoms with Gasteiger partial charge in [-0.2, -0.15) is 0 Å². The molecule has 0 bridgehead atoms. The zero-order valence-corrected chi connectivity index (χ0v) is 14.3. The predicted octanol–water partition coefficient (Wildman–Crippen LogP) is 3.12. The van der Waals surface area contributed by atoms with Gasteiger partial charge >= 0.3 is 5.97 Å². The maximum atomic E-state index is 12.8. The van der Waals surface area contributed by atoms with Crippen molar-refractivity contribution < 1.29 is 14.3 Å². The van der Waals surface area contributed by atoms with Crippen LogP contribution in [0.25, 0.3) is 0 Å². The normalized spacial score (nSPS) is 19.4. The monoisotopic (exact) mass is 324 g/mol. The number of rotatable bonds is 2. The van der Waals surface area contributed by atoms with Crippen molar-refractivity contribution in [1.82, 2.24) is 4.98 Å². The second-order valence-corrected chi connectivity index (χ2v) is 6.45. The van der Waals surface area contributed by atoms with Crippen LogP contribution in [0.5, 0.6) is 0 Å². The first-order chi connectivity index (χ1) is 11.3. The SMILES string of the molecule is Cc1cc(C)c(NC(=O)C2(C)Cc3ccccc3C(=O)O2)c(C)n1. The van der Waals surface area contributed by atoms with Crippen molar-refractivity contribution in [3.63, 3.8) is 0 Å². The van der Waals surface area contributed by atoms with Gasteiger partial charge in [-0.25, -0.2) is 4.79 Å². The Morgan fingerprint density at radius 3 is 2.67 bits per heavy atom. The Balaban J connectivity index is 1.90. The first-order valence-corrected chi connectivity index (χ1v) is 7.88. The first-order valence-electron chi connectivity index (χ1n) is 7.88. The molecule has 1 unspecified atom stereocenters. The zero-order chi connectivity index (χ0) is 17.5. The molecule has 0 fully saturated rings. The molecule has 0 aliphatic carbocycles. The molecule has 0 saturated heterocycles. The molecule has 3 rings (SSSR count). The number of benzene rings is 1. The molecule has 0 saturated carbocycles. The number of nitrogens with zero attached hydrogens (tertiary/aromatic N) is 1. The average Bonchev–Trinajstić information content (AvgIpc) is 2.50. The van der Waals surface area contributed by atoms with Gasteiger partial charge in [-0.15, -0.1) is 0 Å². The number of amides is 1. The van der Waals surface area contributed by atoms with Crippen LogP contribution in [0.15, 0.2) is 30.3 Å². The molecule has 1 atom stereocenters. The third-order valence-corrected chi connectivity index (χ3v) is 4.33. The molecule has 1 aliphatic rings. The van der Waals surface area contributed by atoms with E-state index in [1.165, 1.54) is 0 Å². The number of hydrogen-bond acceptors (Lipinski definition) is 4. The number of ether oxygens (including phenoxy) is 1. The lowest BCUT2D eigenvalue weighted by Crippen LogP contribution is -2.49. The highest BCUT2D eigenvalue weighted by molar-refractivity contribution is 6.03. The number of aryl methyl sites for hydroxylation is 3. The molecule has 1 N–H and O–H groups in total. The lowest BCUT2D eigenvalue weighted by atomic mass is 9.89. The van der Waals surface area contributed by atoms with E-state index in [1.54, 1.807) is 19.1 Å². The second kappa shape index (κ2) is 5.74. The summed E-state index contributed by atoms with van der Waals surface area (Å²) in [4.78, 5) is 29.4. The molecule has 2 aromatic rings. The molecule has 1 aromatic carbocycles. The summed E-state index contributed by atoms with van der Waals surface area (Å²) >= 11 is 0. The summed E-state index contributed by atoms with van der Waals surface area (Å²) in [5.41, 5.74) is 3.34. The summed E-state index contributed by atoms with van der Waals surface area (Å²) < 4.78 is 5.47. The minimum Gasteiger partial charge on any atom is -0.445 e. The standard InChI is InChI=1S/C19H20N2O3/c1-11-9-12(2)20-13(3)16(11)21-18(23)19(4)10-14-7-5-6-8-15(14)17(22)24-19/h5-9H,10H2,1-4H3,(H,21,23). The number of esters is 1. The van der Waals surface area contributed by atoms with Crippen LogP contribution in [0.3, 0.4) is 0 Å². The molecule has 5 nitrogen and oxygen atoms in total. The largest absolute Gasteiger partial charge is 0.445 e. The van der Waals surface area contributed by atoms with Gasteiger partial charge in [0.2, 0.25) is 0 Å². The van der Waals surface area contributed by atoms with E-state index in [9.17, 15) is 9.59 Å². The van der Waals surface area contributed by atoms with E-state index < -0.39 is 11.6 Å². The zero-order valence-electron chi connectivity index (χ0n) is 14.3. The summed E-state index contributed by atoms with van der Waals surface area (Å²) in [6.45, 7) is 7.32. The van der Waals surface area contributed by atoms with Gasteiger partial charge in [-0.1, -0.05) is 18.2 Å². The fourth-order valence-corrected chi connectivity index (χ4v) is 3.12. The molecule has 2 heterocycles. The Bertz CT molecular complexity index is 821. The molecular weight excluding hydrogens is 304 g/mol. The van der Waals surface area contributed by atoms with Crippen molar-refractivity contribution in [2.45, 2.75) is 39.7 Å². The van der Waals surface area contributed by atoms with Crippen molar-refractivity contribution in [3.05, 3.63) is 58.4 Å². The Hall–Kier alpha value is -2.69. The first kappa shape index (κ1) is 16.2. The van der Waals surface area contributed by atoms with Gasteiger partial charge in [0, 0.05) is 12.1 Å². The van der Waals surface area contributed by atoms with Gasteiger partial charge in [-0.3, -0.25) is 9.78 Å². The van der Waals surface area contributed by atoms with E-state index in [2.05, 4.69) is 10.3 Å². The van der Waals surface area contributed by atoms with E-state index in [1.807, 2.05) is 39.0 Å². The topological polar surface area (TPSA) is 68.3 Å². The molecule has 24 heavy (non-hydrogen) atoms. The summed E-state index contributed by atoms with van der Waals surface area (Å²) in [6.07, 6.45) is 0.345. The van der Waals surface area contributed by atoms with Gasteiger partial charge in [0.25, 0.3) is 5.91 Å². The number of carbonyl (C=O) groups is 2. The predicted molar refractivity (Wildman–Crippen MR) is 91.0 cm³/mol. The lowest BCUT2D eigenvalue weighted by Gasteiger charge is -2.33. The third-order valence-electron chi connectivity index (χ3n) is 4.33. The van der Waals surface area contributed by atoms with Crippen molar-refractivity contribution in [2.24, 2.45) is 0 Å². The summed E-state index contributed by atoms with van der Waals surface area (Å²) in [6, 6.07) is 9.12. The van der Waals surface area contributed by atoms with E-state index in [0.29, 0.717) is 17.7 Å². The van der Waals surface area contributed by atoms with Gasteiger partial charge in [0.05, 0.1) is 16.9 Å². The van der Waals surface area contributed by atoms with E-state index in [0.717, 1.165) is 22.5 Å². The molecule has 0 radical (unpaired) electrons. The molecule has 0 spiro atoms. The number of cyclic esters (lactones) is 1. The fourth-order valence-electron chi connectivity index (χ4n) is 3.12. The summed E-state index contributed by atoms with van der Waals surface area (Å²) in [5.74, 6) is -0.813. The number of nitrogens with one attached hydrogen (secondary N) is 1. The van der Waals surface area contributed by atoms with Crippen LogP contribution in [-0.4, -0.2) is 22.5 Å². The van der Waals surface area contributed by atoms with Crippen LogP contribution >= 0.6 is 0 Å². The molecule has 1 aliphatic heterocycles. The van der Waals surface area contributed by atoms with E-state index >= 15 is 0 Å². The number of anilines is 1. The number of aromatic nitrogens is 1. The summed E-state index contributed by atoms with van der Waals surface area (Å²) in [5, 5.41) is 2.89. The third kappa shape index (κ3) is 2.77. The van der Waals surface area contributed by atoms with E-state index in [4.69, 9.17) is 4.74 Å². The number of pyridine rings is 1. The van der Waals surface area contributed by atoms with Crippen LogP contribution < -0.4 is 5.32 Å². The van der Waals surface area contributed by atoms with Gasteiger partial charge in [0.15, 0.2) is 5.60 Å². The van der Waals surface area contributed by atoms with Crippen molar-refractivity contribution in [2.75, 3.05) is 5.32 Å². The van der Waals surface area contributed by atoms with Crippen LogP contribution in [0, 0.1) is 20.8 Å².